The van der Waals surface area contributed by atoms with Crippen molar-refractivity contribution in [1.29, 1.82) is 0 Å². The lowest BCUT2D eigenvalue weighted by molar-refractivity contribution is 0.0730. The van der Waals surface area contributed by atoms with Crippen molar-refractivity contribution in [1.82, 2.24) is 5.32 Å². The molecule has 6 nitrogen and oxygen atoms in total. The number of rotatable bonds is 7. The van der Waals surface area contributed by atoms with Crippen LogP contribution in [0.5, 0.6) is 11.5 Å². The third-order valence-electron chi connectivity index (χ3n) is 3.56. The lowest BCUT2D eigenvalue weighted by Crippen LogP contribution is -2.31. The fourth-order valence-electron chi connectivity index (χ4n) is 2.39. The van der Waals surface area contributed by atoms with Gasteiger partial charge < -0.3 is 23.9 Å². The number of furan rings is 1. The van der Waals surface area contributed by atoms with Crippen LogP contribution in [0, 0.1) is 5.92 Å². The lowest BCUT2D eigenvalue weighted by atomic mass is 10.1. The van der Waals surface area contributed by atoms with E-state index in [0.29, 0.717) is 42.0 Å². The highest BCUT2D eigenvalue weighted by Crippen LogP contribution is 2.32. The molecule has 0 bridgehead atoms. The minimum atomic E-state index is -0.350. The monoisotopic (exact) mass is 331 g/mol. The minimum absolute atomic E-state index is 0.179. The fraction of sp³-hybridized carbons (Fsp3) is 0.389. The highest BCUT2D eigenvalue weighted by molar-refractivity contribution is 5.95. The molecule has 3 rings (SSSR count). The Morgan fingerprint density at radius 1 is 1.21 bits per heavy atom. The van der Waals surface area contributed by atoms with E-state index in [-0.39, 0.29) is 18.7 Å². The van der Waals surface area contributed by atoms with Crippen molar-refractivity contribution in [2.45, 2.75) is 19.9 Å². The summed E-state index contributed by atoms with van der Waals surface area (Å²) in [6, 6.07) is 8.37. The van der Waals surface area contributed by atoms with Crippen LogP contribution in [0.3, 0.4) is 0 Å². The van der Waals surface area contributed by atoms with Gasteiger partial charge >= 0.3 is 0 Å². The molecule has 6 heteroatoms. The summed E-state index contributed by atoms with van der Waals surface area (Å²) in [6.45, 7) is 5.30. The summed E-state index contributed by atoms with van der Waals surface area (Å²) < 4.78 is 21.7. The average molecular weight is 331 g/mol. The summed E-state index contributed by atoms with van der Waals surface area (Å²) in [5.41, 5.74) is 0.500. The van der Waals surface area contributed by atoms with E-state index in [1.54, 1.807) is 30.5 Å². The van der Waals surface area contributed by atoms with Gasteiger partial charge in [-0.3, -0.25) is 4.79 Å². The molecule has 24 heavy (non-hydrogen) atoms. The molecule has 128 valence electrons. The van der Waals surface area contributed by atoms with E-state index in [0.717, 1.165) is 0 Å². The Labute approximate surface area is 140 Å². The normalized spacial score (nSPS) is 14.0. The largest absolute Gasteiger partial charge is 0.467 e. The van der Waals surface area contributed by atoms with Gasteiger partial charge in [0.05, 0.1) is 12.9 Å². The molecule has 0 aliphatic carbocycles. The molecule has 2 aromatic rings. The number of amides is 1. The minimum Gasteiger partial charge on any atom is -0.467 e. The summed E-state index contributed by atoms with van der Waals surface area (Å²) in [5, 5.41) is 2.95. The highest BCUT2D eigenvalue weighted by Gasteiger charge is 2.21. The van der Waals surface area contributed by atoms with Crippen molar-refractivity contribution in [2.75, 3.05) is 20.0 Å². The first-order valence-corrected chi connectivity index (χ1v) is 7.95. The summed E-state index contributed by atoms with van der Waals surface area (Å²) in [4.78, 5) is 12.5. The number of hydrogen-bond acceptors (Lipinski definition) is 5. The molecule has 1 aliphatic heterocycles. The van der Waals surface area contributed by atoms with Gasteiger partial charge in [0.1, 0.15) is 11.8 Å². The van der Waals surface area contributed by atoms with Gasteiger partial charge in [0.2, 0.25) is 6.79 Å². The standard InChI is InChI=1S/C18H21NO5/c1-12(2)9-21-10-14(15-4-3-7-22-15)19-18(20)13-5-6-16-17(8-13)24-11-23-16/h3-8,12,14H,9-11H2,1-2H3,(H,19,20). The van der Waals surface area contributed by atoms with Gasteiger partial charge in [0.15, 0.2) is 11.5 Å². The van der Waals surface area contributed by atoms with Crippen molar-refractivity contribution in [2.24, 2.45) is 5.92 Å². The molecule has 1 aliphatic rings. The summed E-state index contributed by atoms with van der Waals surface area (Å²) in [5.74, 6) is 2.09. The second kappa shape index (κ2) is 7.40. The highest BCUT2D eigenvalue weighted by atomic mass is 16.7. The Morgan fingerprint density at radius 3 is 2.79 bits per heavy atom. The molecule has 0 saturated carbocycles. The van der Waals surface area contributed by atoms with Crippen molar-refractivity contribution < 1.29 is 23.4 Å². The van der Waals surface area contributed by atoms with Crippen molar-refractivity contribution >= 4 is 5.91 Å². The first-order valence-electron chi connectivity index (χ1n) is 7.95. The zero-order chi connectivity index (χ0) is 16.9. The van der Waals surface area contributed by atoms with E-state index in [2.05, 4.69) is 19.2 Å². The number of carbonyl (C=O) groups excluding carboxylic acids is 1. The summed E-state index contributed by atoms with van der Waals surface area (Å²) in [6.07, 6.45) is 1.58. The maximum absolute atomic E-state index is 12.5. The van der Waals surface area contributed by atoms with Crippen LogP contribution >= 0.6 is 0 Å². The third kappa shape index (κ3) is 3.89. The molecular weight excluding hydrogens is 310 g/mol. The molecule has 1 unspecified atom stereocenters. The van der Waals surface area contributed by atoms with E-state index in [4.69, 9.17) is 18.6 Å². The molecule has 0 radical (unpaired) electrons. The predicted octanol–water partition coefficient (Wildman–Crippen LogP) is 3.15. The van der Waals surface area contributed by atoms with Crippen molar-refractivity contribution in [3.05, 3.63) is 47.9 Å². The number of carbonyl (C=O) groups is 1. The zero-order valence-electron chi connectivity index (χ0n) is 13.8. The molecule has 0 fully saturated rings. The first kappa shape index (κ1) is 16.4. The zero-order valence-corrected chi connectivity index (χ0v) is 13.8. The SMILES string of the molecule is CC(C)COCC(NC(=O)c1ccc2c(c1)OCO2)c1ccco1. The molecule has 1 aromatic heterocycles. The quantitative estimate of drug-likeness (QED) is 0.844. The Kier molecular flexibility index (Phi) is 5.05. The Bertz CT molecular complexity index is 681. The summed E-state index contributed by atoms with van der Waals surface area (Å²) in [7, 11) is 0. The van der Waals surface area contributed by atoms with E-state index < -0.39 is 0 Å². The van der Waals surface area contributed by atoms with Crippen LogP contribution in [0.4, 0.5) is 0 Å². The maximum Gasteiger partial charge on any atom is 0.252 e. The molecule has 1 aromatic carbocycles. The Morgan fingerprint density at radius 2 is 2.04 bits per heavy atom. The van der Waals surface area contributed by atoms with Crippen molar-refractivity contribution in [3.63, 3.8) is 0 Å². The first-order chi connectivity index (χ1) is 11.6. The third-order valence-corrected chi connectivity index (χ3v) is 3.56. The Hall–Kier alpha value is -2.47. The second-order valence-electron chi connectivity index (χ2n) is 6.04. The average Bonchev–Trinajstić information content (AvgIpc) is 3.24. The molecular formula is C18H21NO5. The van der Waals surface area contributed by atoms with E-state index in [1.165, 1.54) is 0 Å². The number of ether oxygens (including phenoxy) is 3. The fourth-order valence-corrected chi connectivity index (χ4v) is 2.39. The van der Waals surface area contributed by atoms with Gasteiger partial charge in [-0.15, -0.1) is 0 Å². The number of benzene rings is 1. The van der Waals surface area contributed by atoms with Crippen LogP contribution in [0.2, 0.25) is 0 Å². The molecule has 1 amide bonds. The van der Waals surface area contributed by atoms with E-state index in [9.17, 15) is 4.79 Å². The maximum atomic E-state index is 12.5. The predicted molar refractivity (Wildman–Crippen MR) is 87.1 cm³/mol. The smallest absolute Gasteiger partial charge is 0.252 e. The molecule has 2 heterocycles. The summed E-state index contributed by atoms with van der Waals surface area (Å²) >= 11 is 0. The van der Waals surface area contributed by atoms with Crippen LogP contribution in [0.1, 0.15) is 36.0 Å². The number of nitrogens with one attached hydrogen (secondary N) is 1. The number of hydrogen-bond donors (Lipinski definition) is 1. The van der Waals surface area contributed by atoms with E-state index in [1.807, 2.05) is 6.07 Å². The molecule has 1 atom stereocenters. The Balaban J connectivity index is 1.68. The van der Waals surface area contributed by atoms with Gasteiger partial charge in [-0.05, 0) is 36.2 Å². The molecule has 1 N–H and O–H groups in total. The van der Waals surface area contributed by atoms with Gasteiger partial charge in [0.25, 0.3) is 5.91 Å². The van der Waals surface area contributed by atoms with Crippen molar-refractivity contribution in [3.8, 4) is 11.5 Å². The van der Waals surface area contributed by atoms with Crippen LogP contribution < -0.4 is 14.8 Å². The molecule has 0 saturated heterocycles. The van der Waals surface area contributed by atoms with Crippen LogP contribution in [-0.2, 0) is 4.74 Å². The van der Waals surface area contributed by atoms with E-state index >= 15 is 0 Å². The topological polar surface area (TPSA) is 69.9 Å². The van der Waals surface area contributed by atoms with Crippen LogP contribution in [0.25, 0.3) is 0 Å². The molecule has 0 spiro atoms. The lowest BCUT2D eigenvalue weighted by Gasteiger charge is -2.18. The van der Waals surface area contributed by atoms with Gasteiger partial charge in [0, 0.05) is 12.2 Å². The van der Waals surface area contributed by atoms with Gasteiger partial charge in [-0.1, -0.05) is 13.8 Å². The second-order valence-corrected chi connectivity index (χ2v) is 6.04. The van der Waals surface area contributed by atoms with Gasteiger partial charge in [-0.2, -0.15) is 0 Å². The van der Waals surface area contributed by atoms with Crippen LogP contribution in [0.15, 0.2) is 41.0 Å². The van der Waals surface area contributed by atoms with Gasteiger partial charge in [-0.25, -0.2) is 0 Å². The van der Waals surface area contributed by atoms with Crippen LogP contribution in [-0.4, -0.2) is 25.9 Å². The number of fused-ring (bicyclic) bond motifs is 1.